The van der Waals surface area contributed by atoms with Gasteiger partial charge < -0.3 is 16.0 Å². The number of carbonyl (C=O) groups excluding carboxylic acids is 3. The summed E-state index contributed by atoms with van der Waals surface area (Å²) in [5, 5.41) is 2.93. The van der Waals surface area contributed by atoms with Crippen LogP contribution in [-0.4, -0.2) is 47.5 Å². The van der Waals surface area contributed by atoms with E-state index in [0.29, 0.717) is 16.9 Å². The highest BCUT2D eigenvalue weighted by molar-refractivity contribution is 8.00. The lowest BCUT2D eigenvalue weighted by atomic mass is 10.0. The van der Waals surface area contributed by atoms with E-state index in [1.807, 2.05) is 35.2 Å². The molecule has 1 aliphatic heterocycles. The molecule has 0 saturated carbocycles. The molecule has 0 spiro atoms. The van der Waals surface area contributed by atoms with Crippen LogP contribution in [0.5, 0.6) is 0 Å². The van der Waals surface area contributed by atoms with Gasteiger partial charge in [0.1, 0.15) is 6.04 Å². The number of amides is 3. The van der Waals surface area contributed by atoms with Crippen molar-refractivity contribution in [2.75, 3.05) is 18.8 Å². The van der Waals surface area contributed by atoms with Gasteiger partial charge in [-0.1, -0.05) is 42.5 Å². The Morgan fingerprint density at radius 1 is 1.00 bits per heavy atom. The molecule has 2 aromatic rings. The number of carbonyl (C=O) groups is 3. The number of likely N-dealkylation sites (tertiary alicyclic amines) is 1. The van der Waals surface area contributed by atoms with E-state index in [1.54, 1.807) is 24.3 Å². The average Bonchev–Trinajstić information content (AvgIpc) is 3.27. The zero-order valence-corrected chi connectivity index (χ0v) is 17.0. The molecule has 0 bridgehead atoms. The summed E-state index contributed by atoms with van der Waals surface area (Å²) in [4.78, 5) is 39.7. The number of benzene rings is 2. The topological polar surface area (TPSA) is 92.5 Å². The van der Waals surface area contributed by atoms with Gasteiger partial charge in [-0.2, -0.15) is 0 Å². The SMILES string of the molecule is NC(=O)CSc1ccccc1C(=O)NC(Cc1ccccc1)C(=O)N1CCCC1. The Labute approximate surface area is 174 Å². The summed E-state index contributed by atoms with van der Waals surface area (Å²) in [5.74, 6) is -0.742. The minimum Gasteiger partial charge on any atom is -0.369 e. The Balaban J connectivity index is 1.78. The van der Waals surface area contributed by atoms with Gasteiger partial charge in [0.2, 0.25) is 11.8 Å². The maximum atomic E-state index is 13.1. The van der Waals surface area contributed by atoms with Gasteiger partial charge in [0.25, 0.3) is 5.91 Å². The molecule has 3 amide bonds. The molecule has 2 aromatic carbocycles. The van der Waals surface area contributed by atoms with Crippen LogP contribution in [0.3, 0.4) is 0 Å². The maximum Gasteiger partial charge on any atom is 0.253 e. The predicted molar refractivity (Wildman–Crippen MR) is 114 cm³/mol. The van der Waals surface area contributed by atoms with Crippen LogP contribution < -0.4 is 11.1 Å². The quantitative estimate of drug-likeness (QED) is 0.652. The number of nitrogens with zero attached hydrogens (tertiary/aromatic N) is 1. The number of thioether (sulfide) groups is 1. The molecule has 1 unspecified atom stereocenters. The van der Waals surface area contributed by atoms with Crippen molar-refractivity contribution >= 4 is 29.5 Å². The average molecular weight is 412 g/mol. The van der Waals surface area contributed by atoms with Crippen LogP contribution in [0.2, 0.25) is 0 Å². The Hall–Kier alpha value is -2.80. The van der Waals surface area contributed by atoms with Gasteiger partial charge in [-0.3, -0.25) is 14.4 Å². The third-order valence-electron chi connectivity index (χ3n) is 4.81. The van der Waals surface area contributed by atoms with Crippen LogP contribution >= 0.6 is 11.8 Å². The first-order valence-electron chi connectivity index (χ1n) is 9.68. The zero-order chi connectivity index (χ0) is 20.6. The second-order valence-electron chi connectivity index (χ2n) is 7.00. The number of primary amides is 1. The van der Waals surface area contributed by atoms with Crippen LogP contribution in [0.1, 0.15) is 28.8 Å². The summed E-state index contributed by atoms with van der Waals surface area (Å²) in [6.07, 6.45) is 2.41. The first-order chi connectivity index (χ1) is 14.0. The van der Waals surface area contributed by atoms with Gasteiger partial charge in [0.05, 0.1) is 11.3 Å². The van der Waals surface area contributed by atoms with Crippen molar-refractivity contribution in [1.29, 1.82) is 0 Å². The third-order valence-corrected chi connectivity index (χ3v) is 5.90. The highest BCUT2D eigenvalue weighted by atomic mass is 32.2. The molecule has 3 rings (SSSR count). The lowest BCUT2D eigenvalue weighted by Gasteiger charge is -2.24. The summed E-state index contributed by atoms with van der Waals surface area (Å²) in [6.45, 7) is 1.45. The molecular weight excluding hydrogens is 386 g/mol. The monoisotopic (exact) mass is 411 g/mol. The van der Waals surface area contributed by atoms with Crippen molar-refractivity contribution in [3.05, 3.63) is 65.7 Å². The Morgan fingerprint density at radius 2 is 1.66 bits per heavy atom. The lowest BCUT2D eigenvalue weighted by Crippen LogP contribution is -2.49. The molecule has 7 heteroatoms. The highest BCUT2D eigenvalue weighted by Crippen LogP contribution is 2.23. The molecule has 1 fully saturated rings. The van der Waals surface area contributed by atoms with Crippen LogP contribution in [0, 0.1) is 0 Å². The van der Waals surface area contributed by atoms with Gasteiger partial charge in [-0.05, 0) is 30.5 Å². The Bertz CT molecular complexity index is 867. The Kier molecular flexibility index (Phi) is 7.30. The van der Waals surface area contributed by atoms with Crippen LogP contribution in [0.15, 0.2) is 59.5 Å². The molecule has 1 heterocycles. The number of nitrogens with one attached hydrogen (secondary N) is 1. The second-order valence-corrected chi connectivity index (χ2v) is 8.02. The van der Waals surface area contributed by atoms with E-state index in [-0.39, 0.29) is 17.6 Å². The number of nitrogens with two attached hydrogens (primary N) is 1. The first kappa shape index (κ1) is 20.9. The zero-order valence-electron chi connectivity index (χ0n) is 16.2. The highest BCUT2D eigenvalue weighted by Gasteiger charge is 2.28. The van der Waals surface area contributed by atoms with E-state index in [1.165, 1.54) is 11.8 Å². The summed E-state index contributed by atoms with van der Waals surface area (Å²) in [5.41, 5.74) is 6.66. The third kappa shape index (κ3) is 5.84. The minimum absolute atomic E-state index is 0.0537. The van der Waals surface area contributed by atoms with Crippen LogP contribution in [-0.2, 0) is 16.0 Å². The summed E-state index contributed by atoms with van der Waals surface area (Å²) in [7, 11) is 0. The fraction of sp³-hybridized carbons (Fsp3) is 0.318. The summed E-state index contributed by atoms with van der Waals surface area (Å²) >= 11 is 1.22. The van der Waals surface area contributed by atoms with Gasteiger partial charge in [0.15, 0.2) is 0 Å². The van der Waals surface area contributed by atoms with Gasteiger partial charge >= 0.3 is 0 Å². The van der Waals surface area contributed by atoms with Crippen LogP contribution in [0.25, 0.3) is 0 Å². The van der Waals surface area contributed by atoms with Crippen molar-refractivity contribution in [2.45, 2.75) is 30.2 Å². The van der Waals surface area contributed by atoms with E-state index < -0.39 is 11.9 Å². The summed E-state index contributed by atoms with van der Waals surface area (Å²) in [6, 6.07) is 16.1. The molecule has 152 valence electrons. The predicted octanol–water partition coefficient (Wildman–Crippen LogP) is 2.23. The number of rotatable bonds is 8. The summed E-state index contributed by atoms with van der Waals surface area (Å²) < 4.78 is 0. The van der Waals surface area contributed by atoms with Crippen molar-refractivity contribution < 1.29 is 14.4 Å². The van der Waals surface area contributed by atoms with E-state index in [4.69, 9.17) is 5.73 Å². The molecular formula is C22H25N3O3S. The molecule has 0 radical (unpaired) electrons. The Morgan fingerprint density at radius 3 is 2.34 bits per heavy atom. The van der Waals surface area contributed by atoms with E-state index in [2.05, 4.69) is 5.32 Å². The molecule has 6 nitrogen and oxygen atoms in total. The van der Waals surface area contributed by atoms with E-state index in [0.717, 1.165) is 31.5 Å². The first-order valence-corrected chi connectivity index (χ1v) is 10.7. The fourth-order valence-electron chi connectivity index (χ4n) is 3.37. The standard InChI is InChI=1S/C22H25N3O3S/c23-20(26)15-29-19-11-5-4-10-17(19)21(27)24-18(14-16-8-2-1-3-9-16)22(28)25-12-6-7-13-25/h1-5,8-11,18H,6-7,12-15H2,(H2,23,26)(H,24,27). The lowest BCUT2D eigenvalue weighted by molar-refractivity contribution is -0.132. The molecule has 1 atom stereocenters. The largest absolute Gasteiger partial charge is 0.369 e. The minimum atomic E-state index is -0.641. The normalized spacial score (nSPS) is 14.4. The van der Waals surface area contributed by atoms with E-state index in [9.17, 15) is 14.4 Å². The molecule has 29 heavy (non-hydrogen) atoms. The van der Waals surface area contributed by atoms with Crippen molar-refractivity contribution in [2.24, 2.45) is 5.73 Å². The molecule has 3 N–H and O–H groups in total. The van der Waals surface area contributed by atoms with E-state index >= 15 is 0 Å². The molecule has 1 aliphatic rings. The van der Waals surface area contributed by atoms with Crippen molar-refractivity contribution in [1.82, 2.24) is 10.2 Å². The maximum absolute atomic E-state index is 13.1. The fourth-order valence-corrected chi connectivity index (χ4v) is 4.16. The van der Waals surface area contributed by atoms with Crippen molar-refractivity contribution in [3.63, 3.8) is 0 Å². The van der Waals surface area contributed by atoms with Gasteiger partial charge in [-0.25, -0.2) is 0 Å². The molecule has 0 aliphatic carbocycles. The van der Waals surface area contributed by atoms with Crippen LogP contribution in [0.4, 0.5) is 0 Å². The van der Waals surface area contributed by atoms with Gasteiger partial charge in [-0.15, -0.1) is 11.8 Å². The van der Waals surface area contributed by atoms with Gasteiger partial charge in [0, 0.05) is 24.4 Å². The molecule has 1 saturated heterocycles. The second kappa shape index (κ2) is 10.1. The number of hydrogen-bond donors (Lipinski definition) is 2. The van der Waals surface area contributed by atoms with Crippen molar-refractivity contribution in [3.8, 4) is 0 Å². The molecule has 0 aromatic heterocycles. The smallest absolute Gasteiger partial charge is 0.253 e. The number of hydrogen-bond acceptors (Lipinski definition) is 4.